The maximum atomic E-state index is 13.3. The molecule has 3 rings (SSSR count). The first-order valence-corrected chi connectivity index (χ1v) is 12.1. The number of likely N-dealkylation sites (tertiary alicyclic amines) is 1. The quantitative estimate of drug-likeness (QED) is 0.542. The third-order valence-electron chi connectivity index (χ3n) is 6.54. The van der Waals surface area contributed by atoms with Gasteiger partial charge in [0.2, 0.25) is 5.91 Å². The number of aliphatic hydroxyl groups is 1. The van der Waals surface area contributed by atoms with Crippen molar-refractivity contribution >= 4 is 11.7 Å². The van der Waals surface area contributed by atoms with Crippen LogP contribution in [0.1, 0.15) is 62.6 Å². The highest BCUT2D eigenvalue weighted by Gasteiger charge is 2.38. The lowest BCUT2D eigenvalue weighted by Gasteiger charge is -2.37. The summed E-state index contributed by atoms with van der Waals surface area (Å²) in [5.74, 6) is -0.627. The molecule has 1 N–H and O–H groups in total. The van der Waals surface area contributed by atoms with E-state index in [-0.39, 0.29) is 17.6 Å². The number of hydrogen-bond donors (Lipinski definition) is 1. The third kappa shape index (κ3) is 6.77. The molecule has 2 aromatic rings. The predicted molar refractivity (Wildman–Crippen MR) is 128 cm³/mol. The van der Waals surface area contributed by atoms with E-state index in [1.54, 1.807) is 6.92 Å². The fraction of sp³-hybridized carbons (Fsp3) is 0.500. The fourth-order valence-corrected chi connectivity index (χ4v) is 4.86. The maximum absolute atomic E-state index is 13.3. The highest BCUT2D eigenvalue weighted by molar-refractivity contribution is 5.80. The number of carbonyl (C=O) groups excluding carboxylic acids is 2. The molecule has 0 unspecified atom stereocenters. The largest absolute Gasteiger partial charge is 0.392 e. The van der Waals surface area contributed by atoms with Crippen molar-refractivity contribution in [1.29, 1.82) is 0 Å². The first kappa shape index (κ1) is 24.2. The van der Waals surface area contributed by atoms with Gasteiger partial charge in [-0.2, -0.15) is 0 Å². The standard InChI is InChI=1S/C28H37NO3/c1-3-4-10-22-13-8-14-24(18-22)19-25(17-21(2)30)27(31)26-15-9-16-29(28(26)32)20-23-11-6-5-7-12-23/h5-8,11-14,18,25-27,31H,3-4,9-10,15-17,19-20H2,1-2H3/t25-,26-,27-/m0/s1. The molecule has 1 fully saturated rings. The van der Waals surface area contributed by atoms with Crippen LogP contribution in [0.4, 0.5) is 0 Å². The van der Waals surface area contributed by atoms with Gasteiger partial charge in [-0.15, -0.1) is 0 Å². The third-order valence-corrected chi connectivity index (χ3v) is 6.54. The van der Waals surface area contributed by atoms with E-state index in [4.69, 9.17) is 0 Å². The smallest absolute Gasteiger partial charge is 0.228 e. The monoisotopic (exact) mass is 435 g/mol. The molecule has 1 heterocycles. The van der Waals surface area contributed by atoms with Crippen LogP contribution in [0, 0.1) is 11.8 Å². The molecule has 0 radical (unpaired) electrons. The van der Waals surface area contributed by atoms with Gasteiger partial charge in [0.25, 0.3) is 0 Å². The van der Waals surface area contributed by atoms with Crippen LogP contribution in [0.2, 0.25) is 0 Å². The molecular weight excluding hydrogens is 398 g/mol. The van der Waals surface area contributed by atoms with Crippen LogP contribution in [0.25, 0.3) is 0 Å². The molecule has 0 spiro atoms. The van der Waals surface area contributed by atoms with E-state index in [1.165, 1.54) is 5.56 Å². The van der Waals surface area contributed by atoms with Crippen LogP contribution in [-0.2, 0) is 29.0 Å². The molecule has 0 aromatic heterocycles. The summed E-state index contributed by atoms with van der Waals surface area (Å²) in [4.78, 5) is 27.2. The van der Waals surface area contributed by atoms with Gasteiger partial charge in [0.05, 0.1) is 12.0 Å². The number of benzene rings is 2. The van der Waals surface area contributed by atoms with E-state index >= 15 is 0 Å². The van der Waals surface area contributed by atoms with Crippen molar-refractivity contribution in [1.82, 2.24) is 4.90 Å². The highest BCUT2D eigenvalue weighted by Crippen LogP contribution is 2.30. The van der Waals surface area contributed by atoms with Gasteiger partial charge in [0.15, 0.2) is 0 Å². The zero-order valence-electron chi connectivity index (χ0n) is 19.5. The highest BCUT2D eigenvalue weighted by atomic mass is 16.3. The van der Waals surface area contributed by atoms with Gasteiger partial charge in [0.1, 0.15) is 5.78 Å². The van der Waals surface area contributed by atoms with Crippen LogP contribution in [-0.4, -0.2) is 34.3 Å². The average Bonchev–Trinajstić information content (AvgIpc) is 2.79. The predicted octanol–water partition coefficient (Wildman–Crippen LogP) is 4.97. The zero-order chi connectivity index (χ0) is 22.9. The summed E-state index contributed by atoms with van der Waals surface area (Å²) in [5.41, 5.74) is 3.52. The first-order valence-electron chi connectivity index (χ1n) is 12.1. The van der Waals surface area contributed by atoms with Crippen molar-refractivity contribution in [2.24, 2.45) is 11.8 Å². The molecule has 1 amide bonds. The van der Waals surface area contributed by atoms with Gasteiger partial charge >= 0.3 is 0 Å². The number of nitrogens with zero attached hydrogens (tertiary/aromatic N) is 1. The number of Topliss-reactive ketones (excluding diaryl/α,β-unsaturated/α-hetero) is 1. The van der Waals surface area contributed by atoms with Crippen molar-refractivity contribution in [2.45, 2.75) is 71.4 Å². The molecule has 1 aliphatic heterocycles. The molecule has 0 saturated carbocycles. The Balaban J connectivity index is 1.72. The summed E-state index contributed by atoms with van der Waals surface area (Å²) >= 11 is 0. The second-order valence-electron chi connectivity index (χ2n) is 9.28. The summed E-state index contributed by atoms with van der Waals surface area (Å²) in [6, 6.07) is 18.4. The Morgan fingerprint density at radius 1 is 1.09 bits per heavy atom. The van der Waals surface area contributed by atoms with Crippen LogP contribution in [0.15, 0.2) is 54.6 Å². The van der Waals surface area contributed by atoms with Gasteiger partial charge in [-0.05, 0) is 61.6 Å². The molecule has 3 atom stereocenters. The summed E-state index contributed by atoms with van der Waals surface area (Å²) in [5, 5.41) is 11.3. The minimum absolute atomic E-state index is 0.0119. The second kappa shape index (κ2) is 12.0. The molecule has 0 aliphatic carbocycles. The lowest BCUT2D eigenvalue weighted by molar-refractivity contribution is -0.146. The van der Waals surface area contributed by atoms with Crippen LogP contribution >= 0.6 is 0 Å². The van der Waals surface area contributed by atoms with Crippen LogP contribution in [0.5, 0.6) is 0 Å². The molecule has 32 heavy (non-hydrogen) atoms. The molecule has 1 saturated heterocycles. The van der Waals surface area contributed by atoms with E-state index in [9.17, 15) is 14.7 Å². The van der Waals surface area contributed by atoms with E-state index in [2.05, 4.69) is 31.2 Å². The number of aliphatic hydroxyl groups excluding tert-OH is 1. The summed E-state index contributed by atoms with van der Waals surface area (Å²) in [6.45, 7) is 5.04. The van der Waals surface area contributed by atoms with Gasteiger partial charge in [0, 0.05) is 19.5 Å². The van der Waals surface area contributed by atoms with Crippen LogP contribution in [0.3, 0.4) is 0 Å². The van der Waals surface area contributed by atoms with Gasteiger partial charge < -0.3 is 14.8 Å². The first-order chi connectivity index (χ1) is 15.5. The lowest BCUT2D eigenvalue weighted by atomic mass is 9.79. The Hall–Kier alpha value is -2.46. The summed E-state index contributed by atoms with van der Waals surface area (Å²) < 4.78 is 0. The normalized spacial score (nSPS) is 18.4. The molecular formula is C28H37NO3. The van der Waals surface area contributed by atoms with Crippen molar-refractivity contribution in [3.63, 3.8) is 0 Å². The molecule has 0 bridgehead atoms. The second-order valence-corrected chi connectivity index (χ2v) is 9.28. The molecule has 2 aromatic carbocycles. The Morgan fingerprint density at radius 3 is 2.53 bits per heavy atom. The zero-order valence-corrected chi connectivity index (χ0v) is 19.5. The minimum Gasteiger partial charge on any atom is -0.392 e. The molecule has 4 heteroatoms. The van der Waals surface area contributed by atoms with E-state index in [0.29, 0.717) is 32.4 Å². The van der Waals surface area contributed by atoms with Crippen LogP contribution < -0.4 is 0 Å². The summed E-state index contributed by atoms with van der Waals surface area (Å²) in [6.07, 6.45) is 4.99. The minimum atomic E-state index is -0.815. The van der Waals surface area contributed by atoms with Gasteiger partial charge in [-0.25, -0.2) is 0 Å². The fourth-order valence-electron chi connectivity index (χ4n) is 4.86. The average molecular weight is 436 g/mol. The van der Waals surface area contributed by atoms with Crippen molar-refractivity contribution in [3.8, 4) is 0 Å². The van der Waals surface area contributed by atoms with Crippen molar-refractivity contribution in [2.75, 3.05) is 6.54 Å². The topological polar surface area (TPSA) is 57.6 Å². The Morgan fingerprint density at radius 2 is 1.81 bits per heavy atom. The number of ketones is 1. The molecule has 1 aliphatic rings. The number of rotatable bonds is 11. The SMILES string of the molecule is CCCCc1cccc(C[C@H](CC(C)=O)[C@H](O)[C@@H]2CCCN(Cc3ccccc3)C2=O)c1. The lowest BCUT2D eigenvalue weighted by Crippen LogP contribution is -2.47. The number of unbranched alkanes of at least 4 members (excludes halogenated alkanes) is 1. The Bertz CT molecular complexity index is 879. The summed E-state index contributed by atoms with van der Waals surface area (Å²) in [7, 11) is 0. The van der Waals surface area contributed by atoms with E-state index < -0.39 is 12.0 Å². The Kier molecular flexibility index (Phi) is 9.04. The number of carbonyl (C=O) groups is 2. The molecule has 4 nitrogen and oxygen atoms in total. The van der Waals surface area contributed by atoms with E-state index in [1.807, 2.05) is 35.2 Å². The number of hydrogen-bond acceptors (Lipinski definition) is 3. The number of aryl methyl sites for hydroxylation is 1. The van der Waals surface area contributed by atoms with Gasteiger partial charge in [-0.3, -0.25) is 4.79 Å². The maximum Gasteiger partial charge on any atom is 0.228 e. The van der Waals surface area contributed by atoms with E-state index in [0.717, 1.165) is 36.8 Å². The number of piperidine rings is 1. The molecule has 172 valence electrons. The van der Waals surface area contributed by atoms with Crippen molar-refractivity contribution < 1.29 is 14.7 Å². The van der Waals surface area contributed by atoms with Crippen molar-refractivity contribution in [3.05, 3.63) is 71.3 Å². The number of amides is 1. The Labute approximate surface area is 192 Å². The van der Waals surface area contributed by atoms with Gasteiger partial charge in [-0.1, -0.05) is 67.9 Å².